The fourth-order valence-electron chi connectivity index (χ4n) is 1.62. The van der Waals surface area contributed by atoms with Crippen molar-refractivity contribution in [3.05, 3.63) is 29.8 Å². The maximum Gasteiger partial charge on any atom is 0.119 e. The molecule has 102 valence electrons. The van der Waals surface area contributed by atoms with Crippen LogP contribution in [-0.4, -0.2) is 25.9 Å². The predicted molar refractivity (Wildman–Crippen MR) is 75.0 cm³/mol. The standard InChI is InChI=1S/C15H25NO2/c1-4-17-15-8-6-14(7-9-15)12-16-10-5-11-18-13(2)3/h6-9,13,16H,4-5,10-12H2,1-3H3. The van der Waals surface area contributed by atoms with E-state index in [-0.39, 0.29) is 0 Å². The van der Waals surface area contributed by atoms with Crippen molar-refractivity contribution < 1.29 is 9.47 Å². The SMILES string of the molecule is CCOc1ccc(CNCCCOC(C)C)cc1. The van der Waals surface area contributed by atoms with Gasteiger partial charge in [0.2, 0.25) is 0 Å². The van der Waals surface area contributed by atoms with Gasteiger partial charge in [0.15, 0.2) is 0 Å². The van der Waals surface area contributed by atoms with Gasteiger partial charge in [0.1, 0.15) is 5.75 Å². The first-order chi connectivity index (χ1) is 8.72. The van der Waals surface area contributed by atoms with Crippen LogP contribution in [0.3, 0.4) is 0 Å². The maximum absolute atomic E-state index is 5.48. The fraction of sp³-hybridized carbons (Fsp3) is 0.600. The molecule has 0 spiro atoms. The third-order valence-electron chi connectivity index (χ3n) is 2.51. The maximum atomic E-state index is 5.48. The van der Waals surface area contributed by atoms with Crippen LogP contribution in [0.25, 0.3) is 0 Å². The third-order valence-corrected chi connectivity index (χ3v) is 2.51. The van der Waals surface area contributed by atoms with Gasteiger partial charge in [-0.1, -0.05) is 12.1 Å². The molecule has 0 fully saturated rings. The first-order valence-electron chi connectivity index (χ1n) is 6.76. The molecular formula is C15H25NO2. The Balaban J connectivity index is 2.11. The highest BCUT2D eigenvalue weighted by molar-refractivity contribution is 5.27. The van der Waals surface area contributed by atoms with Gasteiger partial charge in [-0.05, 0) is 51.4 Å². The zero-order valence-corrected chi connectivity index (χ0v) is 11.7. The van der Waals surface area contributed by atoms with Crippen molar-refractivity contribution in [2.75, 3.05) is 19.8 Å². The Morgan fingerprint density at radius 3 is 2.50 bits per heavy atom. The Morgan fingerprint density at radius 2 is 1.89 bits per heavy atom. The normalized spacial score (nSPS) is 10.9. The summed E-state index contributed by atoms with van der Waals surface area (Å²) in [6, 6.07) is 8.23. The summed E-state index contributed by atoms with van der Waals surface area (Å²) in [4.78, 5) is 0. The molecule has 1 aromatic rings. The van der Waals surface area contributed by atoms with Crippen molar-refractivity contribution in [2.24, 2.45) is 0 Å². The van der Waals surface area contributed by atoms with Gasteiger partial charge in [-0.2, -0.15) is 0 Å². The molecule has 0 heterocycles. The summed E-state index contributed by atoms with van der Waals surface area (Å²) in [5, 5.41) is 3.41. The van der Waals surface area contributed by atoms with E-state index in [2.05, 4.69) is 31.3 Å². The van der Waals surface area contributed by atoms with Gasteiger partial charge in [0.25, 0.3) is 0 Å². The molecule has 0 aliphatic carbocycles. The Morgan fingerprint density at radius 1 is 1.17 bits per heavy atom. The molecule has 0 aliphatic heterocycles. The third kappa shape index (κ3) is 6.62. The molecule has 0 bridgehead atoms. The van der Waals surface area contributed by atoms with E-state index in [9.17, 15) is 0 Å². The highest BCUT2D eigenvalue weighted by atomic mass is 16.5. The highest BCUT2D eigenvalue weighted by Gasteiger charge is 1.96. The Bertz CT molecular complexity index is 309. The number of ether oxygens (including phenoxy) is 2. The molecule has 0 amide bonds. The first-order valence-corrected chi connectivity index (χ1v) is 6.76. The lowest BCUT2D eigenvalue weighted by Crippen LogP contribution is -2.17. The number of benzene rings is 1. The minimum absolute atomic E-state index is 0.330. The monoisotopic (exact) mass is 251 g/mol. The Hall–Kier alpha value is -1.06. The van der Waals surface area contributed by atoms with Gasteiger partial charge in [-0.3, -0.25) is 0 Å². The molecule has 0 saturated heterocycles. The molecule has 0 aliphatic rings. The zero-order valence-electron chi connectivity index (χ0n) is 11.7. The van der Waals surface area contributed by atoms with E-state index in [1.54, 1.807) is 0 Å². The number of rotatable bonds is 9. The summed E-state index contributed by atoms with van der Waals surface area (Å²) in [5.41, 5.74) is 1.28. The summed E-state index contributed by atoms with van der Waals surface area (Å²) >= 11 is 0. The molecule has 1 rings (SSSR count). The lowest BCUT2D eigenvalue weighted by molar-refractivity contribution is 0.0770. The average molecular weight is 251 g/mol. The van der Waals surface area contributed by atoms with Gasteiger partial charge in [0.05, 0.1) is 12.7 Å². The van der Waals surface area contributed by atoms with Crippen LogP contribution in [0.4, 0.5) is 0 Å². The van der Waals surface area contributed by atoms with Crippen molar-refractivity contribution in [3.63, 3.8) is 0 Å². The molecule has 0 radical (unpaired) electrons. The second-order valence-electron chi connectivity index (χ2n) is 4.53. The Kier molecular flexibility index (Phi) is 7.46. The molecule has 0 saturated carbocycles. The van der Waals surface area contributed by atoms with Gasteiger partial charge in [0, 0.05) is 13.2 Å². The summed E-state index contributed by atoms with van der Waals surface area (Å²) < 4.78 is 10.9. The van der Waals surface area contributed by atoms with Crippen LogP contribution in [0.5, 0.6) is 5.75 Å². The molecule has 3 nitrogen and oxygen atoms in total. The van der Waals surface area contributed by atoms with Crippen LogP contribution in [0.1, 0.15) is 32.8 Å². The van der Waals surface area contributed by atoms with E-state index < -0.39 is 0 Å². The van der Waals surface area contributed by atoms with Gasteiger partial charge in [-0.15, -0.1) is 0 Å². The fourth-order valence-corrected chi connectivity index (χ4v) is 1.62. The lowest BCUT2D eigenvalue weighted by Gasteiger charge is -2.08. The van der Waals surface area contributed by atoms with E-state index in [0.717, 1.165) is 31.9 Å². The second kappa shape index (κ2) is 8.95. The van der Waals surface area contributed by atoms with E-state index in [1.165, 1.54) is 5.56 Å². The lowest BCUT2D eigenvalue weighted by atomic mass is 10.2. The number of hydrogen-bond donors (Lipinski definition) is 1. The first kappa shape index (κ1) is 15.0. The topological polar surface area (TPSA) is 30.5 Å². The minimum atomic E-state index is 0.330. The van der Waals surface area contributed by atoms with Crippen LogP contribution in [0, 0.1) is 0 Å². The van der Waals surface area contributed by atoms with E-state index in [0.29, 0.717) is 12.7 Å². The summed E-state index contributed by atoms with van der Waals surface area (Å²) in [7, 11) is 0. The molecule has 0 unspecified atom stereocenters. The molecule has 1 N–H and O–H groups in total. The van der Waals surface area contributed by atoms with Crippen LogP contribution >= 0.6 is 0 Å². The Labute approximate surface area is 110 Å². The largest absolute Gasteiger partial charge is 0.494 e. The molecule has 18 heavy (non-hydrogen) atoms. The van der Waals surface area contributed by atoms with Crippen molar-refractivity contribution in [1.29, 1.82) is 0 Å². The molecule has 1 aromatic carbocycles. The number of hydrogen-bond acceptors (Lipinski definition) is 3. The van der Waals surface area contributed by atoms with Crippen LogP contribution in [0.15, 0.2) is 24.3 Å². The summed E-state index contributed by atoms with van der Waals surface area (Å²) in [6.45, 7) is 9.55. The van der Waals surface area contributed by atoms with E-state index in [4.69, 9.17) is 9.47 Å². The zero-order chi connectivity index (χ0) is 13.2. The molecule has 3 heteroatoms. The minimum Gasteiger partial charge on any atom is -0.494 e. The summed E-state index contributed by atoms with van der Waals surface area (Å²) in [6.07, 6.45) is 1.38. The smallest absolute Gasteiger partial charge is 0.119 e. The van der Waals surface area contributed by atoms with Crippen molar-refractivity contribution in [2.45, 2.75) is 39.8 Å². The van der Waals surface area contributed by atoms with Crippen LogP contribution in [-0.2, 0) is 11.3 Å². The second-order valence-corrected chi connectivity index (χ2v) is 4.53. The van der Waals surface area contributed by atoms with Gasteiger partial charge < -0.3 is 14.8 Å². The molecule has 0 aromatic heterocycles. The average Bonchev–Trinajstić information content (AvgIpc) is 2.35. The van der Waals surface area contributed by atoms with Gasteiger partial charge >= 0.3 is 0 Å². The highest BCUT2D eigenvalue weighted by Crippen LogP contribution is 2.11. The molecular weight excluding hydrogens is 226 g/mol. The van der Waals surface area contributed by atoms with Crippen molar-refractivity contribution >= 4 is 0 Å². The van der Waals surface area contributed by atoms with Crippen molar-refractivity contribution in [3.8, 4) is 5.75 Å². The molecule has 0 atom stereocenters. The van der Waals surface area contributed by atoms with Crippen LogP contribution in [0.2, 0.25) is 0 Å². The quantitative estimate of drug-likeness (QED) is 0.684. The van der Waals surface area contributed by atoms with E-state index in [1.807, 2.05) is 19.1 Å². The van der Waals surface area contributed by atoms with E-state index >= 15 is 0 Å². The number of nitrogens with one attached hydrogen (secondary N) is 1. The predicted octanol–water partition coefficient (Wildman–Crippen LogP) is 2.99. The van der Waals surface area contributed by atoms with Crippen molar-refractivity contribution in [1.82, 2.24) is 5.32 Å². The summed E-state index contributed by atoms with van der Waals surface area (Å²) in [5.74, 6) is 0.937. The van der Waals surface area contributed by atoms with Crippen LogP contribution < -0.4 is 10.1 Å². The van der Waals surface area contributed by atoms with Gasteiger partial charge in [-0.25, -0.2) is 0 Å².